The van der Waals surface area contributed by atoms with Crippen LogP contribution in [0.5, 0.6) is 0 Å². The van der Waals surface area contributed by atoms with Gasteiger partial charge in [0.2, 0.25) is 5.91 Å². The average molecular weight is 336 g/mol. The van der Waals surface area contributed by atoms with Crippen LogP contribution in [0.25, 0.3) is 0 Å². The normalized spacial score (nSPS) is 14.2. The van der Waals surface area contributed by atoms with Gasteiger partial charge in [-0.05, 0) is 26.3 Å². The lowest BCUT2D eigenvalue weighted by molar-refractivity contribution is -0.121. The Labute approximate surface area is 135 Å². The quantitative estimate of drug-likeness (QED) is 0.873. The Kier molecular flexibility index (Phi) is 5.20. The van der Waals surface area contributed by atoms with Crippen molar-refractivity contribution in [1.82, 2.24) is 10.5 Å². The summed E-state index contributed by atoms with van der Waals surface area (Å²) in [4.78, 5) is 12.2. The van der Waals surface area contributed by atoms with Gasteiger partial charge in [0.1, 0.15) is 11.0 Å². The Morgan fingerprint density at radius 2 is 1.91 bits per heavy atom. The van der Waals surface area contributed by atoms with E-state index in [1.807, 2.05) is 37.3 Å². The van der Waals surface area contributed by atoms with Gasteiger partial charge in [-0.3, -0.25) is 4.79 Å². The van der Waals surface area contributed by atoms with Crippen LogP contribution >= 0.6 is 0 Å². The first-order valence-corrected chi connectivity index (χ1v) is 9.00. The van der Waals surface area contributed by atoms with Gasteiger partial charge in [0, 0.05) is 6.07 Å². The zero-order valence-corrected chi connectivity index (χ0v) is 14.1. The second kappa shape index (κ2) is 6.95. The molecule has 6 nitrogen and oxygen atoms in total. The van der Waals surface area contributed by atoms with E-state index in [1.165, 1.54) is 6.92 Å². The van der Waals surface area contributed by atoms with E-state index in [0.717, 1.165) is 5.56 Å². The molecule has 0 unspecified atom stereocenters. The lowest BCUT2D eigenvalue weighted by atomic mass is 10.1. The molecule has 1 heterocycles. The van der Waals surface area contributed by atoms with Crippen LogP contribution in [-0.4, -0.2) is 24.7 Å². The number of benzene rings is 1. The number of sulfone groups is 1. The summed E-state index contributed by atoms with van der Waals surface area (Å²) in [6.07, 6.45) is 0. The first-order chi connectivity index (χ1) is 10.8. The molecule has 2 rings (SSSR count). The summed E-state index contributed by atoms with van der Waals surface area (Å²) < 4.78 is 29.5. The van der Waals surface area contributed by atoms with Gasteiger partial charge >= 0.3 is 0 Å². The minimum absolute atomic E-state index is 0.268. The van der Waals surface area contributed by atoms with Crippen molar-refractivity contribution in [3.05, 3.63) is 53.4 Å². The number of hydrogen-bond acceptors (Lipinski definition) is 5. The predicted molar refractivity (Wildman–Crippen MR) is 86.3 cm³/mol. The molecule has 0 fully saturated rings. The van der Waals surface area contributed by atoms with Gasteiger partial charge in [0.15, 0.2) is 9.84 Å². The van der Waals surface area contributed by atoms with Crippen LogP contribution in [0.3, 0.4) is 0 Å². The predicted octanol–water partition coefficient (Wildman–Crippen LogP) is 2.16. The molecule has 23 heavy (non-hydrogen) atoms. The third kappa shape index (κ3) is 4.41. The van der Waals surface area contributed by atoms with Crippen molar-refractivity contribution in [2.24, 2.45) is 0 Å². The minimum Gasteiger partial charge on any atom is -0.361 e. The molecule has 1 aromatic heterocycles. The number of aryl methyl sites for hydroxylation is 1. The second-order valence-corrected chi connectivity index (χ2v) is 7.84. The number of hydrogen-bond donors (Lipinski definition) is 1. The van der Waals surface area contributed by atoms with Crippen LogP contribution in [0.2, 0.25) is 0 Å². The van der Waals surface area contributed by atoms with Crippen molar-refractivity contribution < 1.29 is 17.7 Å². The van der Waals surface area contributed by atoms with E-state index in [0.29, 0.717) is 11.5 Å². The molecule has 0 radical (unpaired) electrons. The van der Waals surface area contributed by atoms with Gasteiger partial charge in [-0.1, -0.05) is 35.5 Å². The molecule has 1 N–H and O–H groups in total. The summed E-state index contributed by atoms with van der Waals surface area (Å²) in [5.74, 6) is -0.315. The monoisotopic (exact) mass is 336 g/mol. The van der Waals surface area contributed by atoms with Crippen molar-refractivity contribution in [3.8, 4) is 0 Å². The van der Waals surface area contributed by atoms with E-state index in [2.05, 4.69) is 10.5 Å². The SMILES string of the molecule is Cc1cc(CS(=O)(=O)[C@H](C)C(=O)N[C@@H](C)c2ccccc2)no1. The number of carbonyl (C=O) groups is 1. The van der Waals surface area contributed by atoms with E-state index in [-0.39, 0.29) is 11.8 Å². The maximum Gasteiger partial charge on any atom is 0.238 e. The Balaban J connectivity index is 2.03. The Morgan fingerprint density at radius 1 is 1.26 bits per heavy atom. The number of nitrogens with zero attached hydrogens (tertiary/aromatic N) is 1. The fraction of sp³-hybridized carbons (Fsp3) is 0.375. The van der Waals surface area contributed by atoms with Crippen LogP contribution in [0.4, 0.5) is 0 Å². The lowest BCUT2D eigenvalue weighted by Crippen LogP contribution is -2.39. The molecule has 0 aliphatic heterocycles. The molecule has 0 saturated carbocycles. The van der Waals surface area contributed by atoms with Crippen molar-refractivity contribution in [2.75, 3.05) is 0 Å². The van der Waals surface area contributed by atoms with Gasteiger partial charge in [0.25, 0.3) is 0 Å². The van der Waals surface area contributed by atoms with Gasteiger partial charge in [-0.2, -0.15) is 0 Å². The van der Waals surface area contributed by atoms with E-state index in [9.17, 15) is 13.2 Å². The summed E-state index contributed by atoms with van der Waals surface area (Å²) in [5.41, 5.74) is 1.22. The first-order valence-electron chi connectivity index (χ1n) is 7.28. The van der Waals surface area contributed by atoms with Gasteiger partial charge < -0.3 is 9.84 Å². The Hall–Kier alpha value is -2.15. The van der Waals surface area contributed by atoms with Crippen molar-refractivity contribution in [1.29, 1.82) is 0 Å². The zero-order valence-electron chi connectivity index (χ0n) is 13.3. The molecule has 1 aromatic carbocycles. The summed E-state index contributed by atoms with van der Waals surface area (Å²) in [6.45, 7) is 4.88. The zero-order chi connectivity index (χ0) is 17.0. The van der Waals surface area contributed by atoms with E-state index in [4.69, 9.17) is 4.52 Å². The summed E-state index contributed by atoms with van der Waals surface area (Å²) in [5, 5.41) is 5.24. The molecular formula is C16H20N2O4S. The molecule has 2 aromatic rings. The van der Waals surface area contributed by atoms with Crippen LogP contribution < -0.4 is 5.32 Å². The molecular weight excluding hydrogens is 316 g/mol. The molecule has 1 amide bonds. The Bertz CT molecular complexity index is 768. The number of nitrogens with one attached hydrogen (secondary N) is 1. The lowest BCUT2D eigenvalue weighted by Gasteiger charge is -2.18. The summed E-state index contributed by atoms with van der Waals surface area (Å²) >= 11 is 0. The molecule has 0 aliphatic rings. The van der Waals surface area contributed by atoms with Crippen molar-refractivity contribution in [3.63, 3.8) is 0 Å². The minimum atomic E-state index is -3.66. The van der Waals surface area contributed by atoms with Crippen LogP contribution in [0, 0.1) is 6.92 Å². The standard InChI is InChI=1S/C16H20N2O4S/c1-11-9-15(18-22-11)10-23(20,21)13(3)16(19)17-12(2)14-7-5-4-6-8-14/h4-9,12-13H,10H2,1-3H3,(H,17,19)/t12-,13+/m0/s1. The highest BCUT2D eigenvalue weighted by atomic mass is 32.2. The van der Waals surface area contributed by atoms with Crippen LogP contribution in [0.15, 0.2) is 40.9 Å². The van der Waals surface area contributed by atoms with Crippen LogP contribution in [-0.2, 0) is 20.4 Å². The largest absolute Gasteiger partial charge is 0.361 e. The number of carbonyl (C=O) groups excluding carboxylic acids is 1. The van der Waals surface area contributed by atoms with Crippen LogP contribution in [0.1, 0.15) is 36.9 Å². The molecule has 0 spiro atoms. The second-order valence-electron chi connectivity index (χ2n) is 5.52. The maximum absolute atomic E-state index is 12.3. The van der Waals surface area contributed by atoms with Gasteiger partial charge in [0.05, 0.1) is 17.5 Å². The smallest absolute Gasteiger partial charge is 0.238 e. The highest BCUT2D eigenvalue weighted by Crippen LogP contribution is 2.15. The van der Waals surface area contributed by atoms with Gasteiger partial charge in [-0.25, -0.2) is 8.42 Å². The average Bonchev–Trinajstić information content (AvgIpc) is 2.91. The highest BCUT2D eigenvalue weighted by Gasteiger charge is 2.30. The van der Waals surface area contributed by atoms with Crippen molar-refractivity contribution in [2.45, 2.75) is 37.8 Å². The van der Waals surface area contributed by atoms with Gasteiger partial charge in [-0.15, -0.1) is 0 Å². The topological polar surface area (TPSA) is 89.3 Å². The number of amides is 1. The number of aromatic nitrogens is 1. The fourth-order valence-corrected chi connectivity index (χ4v) is 3.33. The van der Waals surface area contributed by atoms with E-state index >= 15 is 0 Å². The fourth-order valence-electron chi connectivity index (χ4n) is 2.14. The molecule has 7 heteroatoms. The maximum atomic E-state index is 12.3. The van der Waals surface area contributed by atoms with E-state index in [1.54, 1.807) is 13.0 Å². The number of rotatable bonds is 6. The molecule has 124 valence electrons. The van der Waals surface area contributed by atoms with E-state index < -0.39 is 21.0 Å². The molecule has 0 saturated heterocycles. The summed E-state index contributed by atoms with van der Waals surface area (Å²) in [6, 6.07) is 10.6. The third-order valence-corrected chi connectivity index (χ3v) is 5.58. The highest BCUT2D eigenvalue weighted by molar-refractivity contribution is 7.92. The molecule has 0 bridgehead atoms. The Morgan fingerprint density at radius 3 is 2.48 bits per heavy atom. The summed E-state index contributed by atoms with van der Waals surface area (Å²) in [7, 11) is -3.66. The molecule has 0 aliphatic carbocycles. The first kappa shape index (κ1) is 17.2. The third-order valence-electron chi connectivity index (χ3n) is 3.59. The van der Waals surface area contributed by atoms with Crippen molar-refractivity contribution >= 4 is 15.7 Å². The molecule has 2 atom stereocenters.